The van der Waals surface area contributed by atoms with Crippen molar-refractivity contribution < 1.29 is 19.7 Å². The number of hydrogen-bond acceptors (Lipinski definition) is 3. The zero-order chi connectivity index (χ0) is 17.6. The molecule has 0 aromatic heterocycles. The molecule has 2 N–H and O–H groups in total. The van der Waals surface area contributed by atoms with Crippen LogP contribution in [0, 0.1) is 0 Å². The number of carbonyl (C=O) groups is 1. The van der Waals surface area contributed by atoms with Gasteiger partial charge in [0.25, 0.3) is 0 Å². The number of carboxylic acids is 1. The van der Waals surface area contributed by atoms with E-state index in [1.54, 1.807) is 0 Å². The third-order valence-electron chi connectivity index (χ3n) is 3.85. The molecule has 1 saturated heterocycles. The van der Waals surface area contributed by atoms with Crippen LogP contribution in [0.15, 0.2) is 48.6 Å². The lowest BCUT2D eigenvalue weighted by Gasteiger charge is -2.01. The van der Waals surface area contributed by atoms with Crippen molar-refractivity contribution in [3.05, 3.63) is 48.6 Å². The molecule has 4 nitrogen and oxygen atoms in total. The fraction of sp³-hybridized carbons (Fsp3) is 0.550. The van der Waals surface area contributed by atoms with Gasteiger partial charge >= 0.3 is 5.97 Å². The highest BCUT2D eigenvalue weighted by atomic mass is 16.6. The fourth-order valence-corrected chi connectivity index (χ4v) is 2.30. The maximum Gasteiger partial charge on any atom is 0.332 e. The minimum absolute atomic E-state index is 0.0369. The standard InChI is InChI=1S/C20H30O4/c1-2-3-4-5-6-7-8-9-10-11-12-13-14-18-19(24-18)16-15-17(21)20(22)23/h7-14,17-19,21H,2-6,15-16H2,1H3,(H,22,23). The van der Waals surface area contributed by atoms with Gasteiger partial charge < -0.3 is 14.9 Å². The summed E-state index contributed by atoms with van der Waals surface area (Å²) in [6, 6.07) is 0. The Hall–Kier alpha value is -1.65. The molecule has 1 aliphatic rings. The van der Waals surface area contributed by atoms with Crippen LogP contribution in [0.5, 0.6) is 0 Å². The quantitative estimate of drug-likeness (QED) is 0.301. The maximum atomic E-state index is 10.5. The molecule has 0 amide bonds. The Morgan fingerprint density at radius 1 is 1.08 bits per heavy atom. The van der Waals surface area contributed by atoms with Gasteiger partial charge in [-0.3, -0.25) is 0 Å². The lowest BCUT2D eigenvalue weighted by atomic mass is 10.1. The van der Waals surface area contributed by atoms with Gasteiger partial charge in [0.2, 0.25) is 0 Å². The van der Waals surface area contributed by atoms with Crippen molar-refractivity contribution in [1.82, 2.24) is 0 Å². The van der Waals surface area contributed by atoms with Crippen LogP contribution in [0.25, 0.3) is 0 Å². The van der Waals surface area contributed by atoms with Gasteiger partial charge in [-0.15, -0.1) is 0 Å². The summed E-state index contributed by atoms with van der Waals surface area (Å²) in [6.45, 7) is 2.22. The number of ether oxygens (including phenoxy) is 1. The van der Waals surface area contributed by atoms with E-state index in [4.69, 9.17) is 9.84 Å². The maximum absolute atomic E-state index is 10.5. The van der Waals surface area contributed by atoms with Crippen LogP contribution in [0.4, 0.5) is 0 Å². The zero-order valence-corrected chi connectivity index (χ0v) is 14.5. The first-order valence-electron chi connectivity index (χ1n) is 8.88. The second kappa shape index (κ2) is 12.7. The summed E-state index contributed by atoms with van der Waals surface area (Å²) in [5.74, 6) is -1.17. The molecule has 3 unspecified atom stereocenters. The average molecular weight is 334 g/mol. The van der Waals surface area contributed by atoms with Gasteiger partial charge in [0, 0.05) is 0 Å². The molecule has 24 heavy (non-hydrogen) atoms. The third kappa shape index (κ3) is 10.2. The monoisotopic (exact) mass is 334 g/mol. The largest absolute Gasteiger partial charge is 0.479 e. The molecule has 0 radical (unpaired) electrons. The smallest absolute Gasteiger partial charge is 0.332 e. The highest BCUT2D eigenvalue weighted by molar-refractivity contribution is 5.71. The van der Waals surface area contributed by atoms with E-state index >= 15 is 0 Å². The zero-order valence-electron chi connectivity index (χ0n) is 14.5. The molecule has 134 valence electrons. The van der Waals surface area contributed by atoms with E-state index in [0.29, 0.717) is 6.42 Å². The van der Waals surface area contributed by atoms with E-state index in [2.05, 4.69) is 19.1 Å². The number of epoxide rings is 1. The van der Waals surface area contributed by atoms with Crippen molar-refractivity contribution in [2.24, 2.45) is 0 Å². The van der Waals surface area contributed by atoms with Crippen molar-refractivity contribution in [3.63, 3.8) is 0 Å². The summed E-state index contributed by atoms with van der Waals surface area (Å²) < 4.78 is 5.39. The molecule has 0 bridgehead atoms. The van der Waals surface area contributed by atoms with Gasteiger partial charge in [0.1, 0.15) is 6.10 Å². The van der Waals surface area contributed by atoms with Crippen molar-refractivity contribution >= 4 is 5.97 Å². The van der Waals surface area contributed by atoms with Crippen LogP contribution in [0.1, 0.15) is 51.9 Å². The molecular weight excluding hydrogens is 304 g/mol. The second-order valence-corrected chi connectivity index (χ2v) is 6.00. The molecule has 0 aromatic rings. The Labute approximate surface area is 145 Å². The Bertz CT molecular complexity index is 462. The molecule has 3 atom stereocenters. The Morgan fingerprint density at radius 3 is 2.50 bits per heavy atom. The number of unbranched alkanes of at least 4 members (excludes halogenated alkanes) is 4. The number of hydrogen-bond donors (Lipinski definition) is 2. The molecule has 0 spiro atoms. The van der Waals surface area contributed by atoms with Gasteiger partial charge in [0.05, 0.1) is 6.10 Å². The molecular formula is C20H30O4. The third-order valence-corrected chi connectivity index (χ3v) is 3.85. The minimum Gasteiger partial charge on any atom is -0.479 e. The molecule has 1 aliphatic heterocycles. The summed E-state index contributed by atoms with van der Waals surface area (Å²) in [5.41, 5.74) is 0. The van der Waals surface area contributed by atoms with Gasteiger partial charge in [-0.2, -0.15) is 0 Å². The minimum atomic E-state index is -1.29. The SMILES string of the molecule is CCCCCCC=CC=CC=CC=CC1OC1CCC(O)C(=O)O. The predicted octanol–water partition coefficient (Wildman–Crippen LogP) is 4.17. The summed E-state index contributed by atoms with van der Waals surface area (Å²) >= 11 is 0. The highest BCUT2D eigenvalue weighted by Crippen LogP contribution is 2.28. The fourth-order valence-electron chi connectivity index (χ4n) is 2.30. The van der Waals surface area contributed by atoms with Gasteiger partial charge in [-0.25, -0.2) is 4.79 Å². The van der Waals surface area contributed by atoms with Crippen molar-refractivity contribution in [1.29, 1.82) is 0 Å². The summed E-state index contributed by atoms with van der Waals surface area (Å²) in [4.78, 5) is 10.5. The number of aliphatic hydroxyl groups excluding tert-OH is 1. The number of aliphatic carboxylic acids is 1. The summed E-state index contributed by atoms with van der Waals surface area (Å²) in [7, 11) is 0. The van der Waals surface area contributed by atoms with E-state index < -0.39 is 12.1 Å². The summed E-state index contributed by atoms with van der Waals surface area (Å²) in [6.07, 6.45) is 22.0. The van der Waals surface area contributed by atoms with Crippen LogP contribution in [0.2, 0.25) is 0 Å². The first kappa shape index (κ1) is 20.4. The first-order chi connectivity index (χ1) is 11.6. The number of allylic oxidation sites excluding steroid dienone is 7. The Kier molecular flexibility index (Phi) is 10.8. The van der Waals surface area contributed by atoms with Crippen LogP contribution < -0.4 is 0 Å². The predicted molar refractivity (Wildman–Crippen MR) is 96.9 cm³/mol. The first-order valence-corrected chi connectivity index (χ1v) is 8.88. The molecule has 1 heterocycles. The van der Waals surface area contributed by atoms with Crippen molar-refractivity contribution in [2.45, 2.75) is 70.2 Å². The van der Waals surface area contributed by atoms with E-state index in [0.717, 1.165) is 6.42 Å². The molecule has 1 fully saturated rings. The Balaban J connectivity index is 2.05. The highest BCUT2D eigenvalue weighted by Gasteiger charge is 2.36. The number of carboxylic acid groups (broad SMARTS) is 1. The average Bonchev–Trinajstić information content (AvgIpc) is 3.32. The van der Waals surface area contributed by atoms with Crippen LogP contribution in [-0.2, 0) is 9.53 Å². The number of rotatable bonds is 13. The second-order valence-electron chi connectivity index (χ2n) is 6.00. The molecule has 1 rings (SSSR count). The number of aliphatic hydroxyl groups is 1. The Morgan fingerprint density at radius 2 is 1.79 bits per heavy atom. The van der Waals surface area contributed by atoms with Gasteiger partial charge in [-0.1, -0.05) is 74.8 Å². The van der Waals surface area contributed by atoms with E-state index in [9.17, 15) is 9.90 Å². The van der Waals surface area contributed by atoms with E-state index in [-0.39, 0.29) is 18.6 Å². The summed E-state index contributed by atoms with van der Waals surface area (Å²) in [5, 5.41) is 17.8. The van der Waals surface area contributed by atoms with Crippen molar-refractivity contribution in [3.8, 4) is 0 Å². The normalized spacial score (nSPS) is 22.2. The van der Waals surface area contributed by atoms with E-state index in [1.165, 1.54) is 25.7 Å². The molecule has 0 aliphatic carbocycles. The van der Waals surface area contributed by atoms with Gasteiger partial charge in [0.15, 0.2) is 6.10 Å². The topological polar surface area (TPSA) is 70.1 Å². The van der Waals surface area contributed by atoms with Gasteiger partial charge in [-0.05, 0) is 25.7 Å². The molecule has 0 aromatic carbocycles. The lowest BCUT2D eigenvalue weighted by Crippen LogP contribution is -2.19. The lowest BCUT2D eigenvalue weighted by molar-refractivity contribution is -0.147. The van der Waals surface area contributed by atoms with E-state index in [1.807, 2.05) is 36.5 Å². The van der Waals surface area contributed by atoms with Crippen LogP contribution in [-0.4, -0.2) is 34.5 Å². The van der Waals surface area contributed by atoms with Crippen LogP contribution >= 0.6 is 0 Å². The van der Waals surface area contributed by atoms with Crippen LogP contribution in [0.3, 0.4) is 0 Å². The van der Waals surface area contributed by atoms with Crippen molar-refractivity contribution in [2.75, 3.05) is 0 Å². The molecule has 4 heteroatoms. The molecule has 0 saturated carbocycles.